The van der Waals surface area contributed by atoms with Crippen molar-refractivity contribution in [1.29, 1.82) is 0 Å². The van der Waals surface area contributed by atoms with Gasteiger partial charge in [0.15, 0.2) is 0 Å². The normalized spacial score (nSPS) is 12.8. The molecule has 5 nitrogen and oxygen atoms in total. The van der Waals surface area contributed by atoms with Crippen LogP contribution in [-0.2, 0) is 14.3 Å². The topological polar surface area (TPSA) is 72.8 Å². The maximum atomic E-state index is 11.9. The van der Waals surface area contributed by atoms with E-state index in [1.165, 1.54) is 12.1 Å². The second kappa shape index (κ2) is 7.40. The SMILES string of the molecule is Cc1ccc(S(=O)(=O)OC[C@@H](O)COc2ccccc2)cc1. The molecule has 0 unspecified atom stereocenters. The van der Waals surface area contributed by atoms with Crippen molar-refractivity contribution < 1.29 is 22.4 Å². The molecular formula is C16H18O5S. The van der Waals surface area contributed by atoms with Gasteiger partial charge in [0.25, 0.3) is 10.1 Å². The van der Waals surface area contributed by atoms with Gasteiger partial charge >= 0.3 is 0 Å². The van der Waals surface area contributed by atoms with Crippen LogP contribution in [0.25, 0.3) is 0 Å². The number of aliphatic hydroxyl groups is 1. The fraction of sp³-hybridized carbons (Fsp3) is 0.250. The monoisotopic (exact) mass is 322 g/mol. The third kappa shape index (κ3) is 4.84. The average molecular weight is 322 g/mol. The molecule has 118 valence electrons. The largest absolute Gasteiger partial charge is 0.491 e. The summed E-state index contributed by atoms with van der Waals surface area (Å²) in [6.07, 6.45) is -1.04. The van der Waals surface area contributed by atoms with Crippen molar-refractivity contribution in [2.75, 3.05) is 13.2 Å². The quantitative estimate of drug-likeness (QED) is 0.791. The molecule has 0 aliphatic rings. The van der Waals surface area contributed by atoms with Crippen molar-refractivity contribution in [3.05, 3.63) is 60.2 Å². The Balaban J connectivity index is 1.85. The van der Waals surface area contributed by atoms with Crippen molar-refractivity contribution in [2.24, 2.45) is 0 Å². The van der Waals surface area contributed by atoms with Crippen LogP contribution < -0.4 is 4.74 Å². The molecule has 2 aromatic carbocycles. The third-order valence-corrected chi connectivity index (χ3v) is 4.21. The highest BCUT2D eigenvalue weighted by atomic mass is 32.2. The van der Waals surface area contributed by atoms with Crippen LogP contribution >= 0.6 is 0 Å². The van der Waals surface area contributed by atoms with E-state index < -0.39 is 16.2 Å². The lowest BCUT2D eigenvalue weighted by molar-refractivity contribution is 0.0648. The highest BCUT2D eigenvalue weighted by Gasteiger charge is 2.17. The Morgan fingerprint density at radius 2 is 1.64 bits per heavy atom. The second-order valence-corrected chi connectivity index (χ2v) is 6.44. The molecule has 0 bridgehead atoms. The molecule has 0 amide bonds. The number of rotatable bonds is 7. The van der Waals surface area contributed by atoms with Crippen molar-refractivity contribution in [2.45, 2.75) is 17.9 Å². The summed E-state index contributed by atoms with van der Waals surface area (Å²) in [5.41, 5.74) is 0.954. The first-order chi connectivity index (χ1) is 10.5. The highest BCUT2D eigenvalue weighted by Crippen LogP contribution is 2.14. The maximum Gasteiger partial charge on any atom is 0.297 e. The van der Waals surface area contributed by atoms with Crippen LogP contribution in [0.5, 0.6) is 5.75 Å². The fourth-order valence-corrected chi connectivity index (χ4v) is 2.64. The summed E-state index contributed by atoms with van der Waals surface area (Å²) >= 11 is 0. The van der Waals surface area contributed by atoms with Crippen LogP contribution in [0.4, 0.5) is 0 Å². The molecule has 2 rings (SSSR count). The zero-order valence-corrected chi connectivity index (χ0v) is 13.0. The Morgan fingerprint density at radius 3 is 2.27 bits per heavy atom. The molecule has 0 radical (unpaired) electrons. The van der Waals surface area contributed by atoms with Gasteiger partial charge in [0, 0.05) is 0 Å². The van der Waals surface area contributed by atoms with E-state index >= 15 is 0 Å². The molecule has 1 N–H and O–H groups in total. The fourth-order valence-electron chi connectivity index (χ4n) is 1.70. The summed E-state index contributed by atoms with van der Waals surface area (Å²) in [6.45, 7) is 1.46. The van der Waals surface area contributed by atoms with E-state index in [0.717, 1.165) is 5.56 Å². The van der Waals surface area contributed by atoms with Gasteiger partial charge in [-0.1, -0.05) is 35.9 Å². The molecule has 0 aliphatic heterocycles. The van der Waals surface area contributed by atoms with E-state index in [4.69, 9.17) is 8.92 Å². The van der Waals surface area contributed by atoms with E-state index in [1.807, 2.05) is 13.0 Å². The summed E-state index contributed by atoms with van der Waals surface area (Å²) < 4.78 is 34.1. The van der Waals surface area contributed by atoms with Gasteiger partial charge < -0.3 is 9.84 Å². The van der Waals surface area contributed by atoms with E-state index in [9.17, 15) is 13.5 Å². The number of aliphatic hydroxyl groups excluding tert-OH is 1. The van der Waals surface area contributed by atoms with Crippen LogP contribution in [0.3, 0.4) is 0 Å². The third-order valence-electron chi connectivity index (χ3n) is 2.91. The van der Waals surface area contributed by atoms with E-state index in [0.29, 0.717) is 5.75 Å². The van der Waals surface area contributed by atoms with Crippen LogP contribution in [-0.4, -0.2) is 32.8 Å². The maximum absolute atomic E-state index is 11.9. The molecule has 0 aliphatic carbocycles. The molecular weight excluding hydrogens is 304 g/mol. The molecule has 0 spiro atoms. The first kappa shape index (κ1) is 16.5. The molecule has 0 saturated heterocycles. The van der Waals surface area contributed by atoms with E-state index in [-0.39, 0.29) is 18.1 Å². The summed E-state index contributed by atoms with van der Waals surface area (Å²) in [4.78, 5) is 0.0641. The lowest BCUT2D eigenvalue weighted by Gasteiger charge is -2.13. The summed E-state index contributed by atoms with van der Waals surface area (Å²) in [5.74, 6) is 0.600. The van der Waals surface area contributed by atoms with E-state index in [2.05, 4.69) is 0 Å². The zero-order valence-electron chi connectivity index (χ0n) is 12.2. The van der Waals surface area contributed by atoms with E-state index in [1.54, 1.807) is 36.4 Å². The molecule has 22 heavy (non-hydrogen) atoms. The van der Waals surface area contributed by atoms with Gasteiger partial charge in [0.05, 0.1) is 11.5 Å². The predicted molar refractivity (Wildman–Crippen MR) is 82.3 cm³/mol. The average Bonchev–Trinajstić information content (AvgIpc) is 2.52. The minimum absolute atomic E-state index is 0.0482. The Bertz CT molecular complexity index is 680. The smallest absolute Gasteiger partial charge is 0.297 e. The number of benzene rings is 2. The Kier molecular flexibility index (Phi) is 5.54. The van der Waals surface area contributed by atoms with Crippen molar-refractivity contribution in [3.63, 3.8) is 0 Å². The zero-order chi connectivity index (χ0) is 16.0. The van der Waals surface area contributed by atoms with Crippen molar-refractivity contribution in [3.8, 4) is 5.75 Å². The van der Waals surface area contributed by atoms with Gasteiger partial charge in [0.1, 0.15) is 18.5 Å². The Labute approximate surface area is 130 Å². The first-order valence-electron chi connectivity index (χ1n) is 6.79. The molecule has 0 saturated carbocycles. The molecule has 1 atom stereocenters. The number of para-hydroxylation sites is 1. The lowest BCUT2D eigenvalue weighted by atomic mass is 10.2. The second-order valence-electron chi connectivity index (χ2n) is 4.83. The minimum Gasteiger partial charge on any atom is -0.491 e. The molecule has 0 heterocycles. The Hall–Kier alpha value is -1.89. The molecule has 0 aromatic heterocycles. The van der Waals surface area contributed by atoms with Gasteiger partial charge in [-0.05, 0) is 31.2 Å². The summed E-state index contributed by atoms with van der Waals surface area (Å²) in [6, 6.07) is 15.3. The van der Waals surface area contributed by atoms with Crippen LogP contribution in [0.2, 0.25) is 0 Å². The van der Waals surface area contributed by atoms with Crippen molar-refractivity contribution in [1.82, 2.24) is 0 Å². The number of ether oxygens (including phenoxy) is 1. The van der Waals surface area contributed by atoms with Gasteiger partial charge in [-0.15, -0.1) is 0 Å². The Morgan fingerprint density at radius 1 is 1.00 bits per heavy atom. The number of aryl methyl sites for hydroxylation is 1. The summed E-state index contributed by atoms with van der Waals surface area (Å²) in [5, 5.41) is 9.75. The molecule has 6 heteroatoms. The molecule has 2 aromatic rings. The highest BCUT2D eigenvalue weighted by molar-refractivity contribution is 7.86. The van der Waals surface area contributed by atoms with Crippen LogP contribution in [0.1, 0.15) is 5.56 Å². The van der Waals surface area contributed by atoms with Gasteiger partial charge in [-0.3, -0.25) is 4.18 Å². The standard InChI is InChI=1S/C16H18O5S/c1-13-7-9-16(10-8-13)22(18,19)21-12-14(17)11-20-15-5-3-2-4-6-15/h2-10,14,17H,11-12H2,1H3/t14-/m0/s1. The lowest BCUT2D eigenvalue weighted by Crippen LogP contribution is -2.25. The first-order valence-corrected chi connectivity index (χ1v) is 8.20. The minimum atomic E-state index is -3.87. The number of hydrogen-bond donors (Lipinski definition) is 1. The van der Waals surface area contributed by atoms with Crippen molar-refractivity contribution >= 4 is 10.1 Å². The molecule has 0 fully saturated rings. The van der Waals surface area contributed by atoms with Crippen LogP contribution in [0, 0.1) is 6.92 Å². The van der Waals surface area contributed by atoms with Crippen LogP contribution in [0.15, 0.2) is 59.5 Å². The summed E-state index contributed by atoms with van der Waals surface area (Å²) in [7, 11) is -3.87. The van der Waals surface area contributed by atoms with Gasteiger partial charge in [-0.25, -0.2) is 0 Å². The van der Waals surface area contributed by atoms with Gasteiger partial charge in [0.2, 0.25) is 0 Å². The number of hydrogen-bond acceptors (Lipinski definition) is 5. The van der Waals surface area contributed by atoms with Gasteiger partial charge in [-0.2, -0.15) is 8.42 Å². The predicted octanol–water partition coefficient (Wildman–Crippen LogP) is 2.14.